The molecule has 0 aromatic heterocycles. The summed E-state index contributed by atoms with van der Waals surface area (Å²) >= 11 is 0. The van der Waals surface area contributed by atoms with Gasteiger partial charge in [-0.3, -0.25) is 29.2 Å². The Bertz CT molecular complexity index is 2590. The summed E-state index contributed by atoms with van der Waals surface area (Å²) in [5, 5.41) is 4.84. The molecule has 4 aliphatic heterocycles. The van der Waals surface area contributed by atoms with Gasteiger partial charge in [0.2, 0.25) is 0 Å². The van der Waals surface area contributed by atoms with Gasteiger partial charge in [0.1, 0.15) is 11.6 Å². The smallest absolute Gasteiger partial charge is 0.329 e. The molecule has 2 aliphatic carbocycles. The highest BCUT2D eigenvalue weighted by Crippen LogP contribution is 2.48. The first-order valence-electron chi connectivity index (χ1n) is 22.5. The third kappa shape index (κ3) is 8.06. The maximum atomic E-state index is 14.9. The van der Waals surface area contributed by atoms with Crippen LogP contribution in [0.25, 0.3) is 9.69 Å². The summed E-state index contributed by atoms with van der Waals surface area (Å²) in [6, 6.07) is 17.6. The number of nitrogens with one attached hydrogen (secondary N) is 2. The van der Waals surface area contributed by atoms with E-state index in [9.17, 15) is 28.0 Å². The number of amides is 6. The molecule has 0 bridgehead atoms. The van der Waals surface area contributed by atoms with Crippen LogP contribution < -0.4 is 30.2 Å². The van der Waals surface area contributed by atoms with E-state index >= 15 is 0 Å². The molecule has 16 nitrogen and oxygen atoms in total. The monoisotopic (exact) mass is 928 g/mol. The molecule has 4 saturated heterocycles. The molecule has 68 heavy (non-hydrogen) atoms. The van der Waals surface area contributed by atoms with Crippen molar-refractivity contribution in [3.8, 4) is 0 Å². The van der Waals surface area contributed by atoms with Gasteiger partial charge in [-0.05, 0) is 98.5 Å². The lowest BCUT2D eigenvalue weighted by atomic mass is 9.85. The van der Waals surface area contributed by atoms with E-state index in [-0.39, 0.29) is 47.4 Å². The number of urea groups is 2. The van der Waals surface area contributed by atoms with Crippen LogP contribution >= 0.6 is 0 Å². The lowest BCUT2D eigenvalue weighted by Gasteiger charge is -2.41. The van der Waals surface area contributed by atoms with Gasteiger partial charge in [0.25, 0.3) is 11.8 Å². The molecule has 4 atom stereocenters. The summed E-state index contributed by atoms with van der Waals surface area (Å²) in [7, 11) is 2.87. The highest BCUT2D eigenvalue weighted by Gasteiger charge is 2.57. The molecule has 4 aromatic rings. The molecule has 4 aromatic carbocycles. The molecule has 4 heterocycles. The lowest BCUT2D eigenvalue weighted by molar-refractivity contribution is -0.180. The Kier molecular flexibility index (Phi) is 12.4. The second-order valence-corrected chi connectivity index (χ2v) is 17.7. The Labute approximate surface area is 392 Å². The van der Waals surface area contributed by atoms with Crippen LogP contribution in [-0.4, -0.2) is 100 Å². The van der Waals surface area contributed by atoms with E-state index in [1.807, 2.05) is 26.0 Å². The molecule has 2 N–H and O–H groups in total. The first-order chi connectivity index (χ1) is 32.7. The summed E-state index contributed by atoms with van der Waals surface area (Å²) in [6.07, 6.45) is 3.50. The zero-order valence-corrected chi connectivity index (χ0v) is 38.0. The van der Waals surface area contributed by atoms with Crippen molar-refractivity contribution in [2.45, 2.75) is 88.1 Å². The Morgan fingerprint density at radius 1 is 0.574 bits per heavy atom. The van der Waals surface area contributed by atoms with E-state index in [2.05, 4.69) is 20.3 Å². The fourth-order valence-electron chi connectivity index (χ4n) is 10.7. The standard InChI is InChI=1S/2C25H25FN4O4/c2*1-15-12-16(5-7-20(15)27-2)29-21-8-9-25(33-10-11-34-25)14-22(21)30(24(29)32)17-4-6-18(19(26)13-17)23(31)28-3/h2*4-7,12-13,21-22H,8-11,14H2,1,3H3,(H,28,31)/t21-,22+;21-,22-/m10/s1. The normalized spacial score (nSPS) is 23.2. The van der Waals surface area contributed by atoms with Gasteiger partial charge in [0.05, 0.1) is 74.9 Å². The number of anilines is 4. The van der Waals surface area contributed by atoms with Crippen molar-refractivity contribution in [3.63, 3.8) is 0 Å². The molecular formula is C50H50F2N8O8. The van der Waals surface area contributed by atoms with Gasteiger partial charge >= 0.3 is 12.1 Å². The van der Waals surface area contributed by atoms with Crippen LogP contribution in [0.3, 0.4) is 0 Å². The van der Waals surface area contributed by atoms with Crippen molar-refractivity contribution in [2.24, 2.45) is 0 Å². The molecule has 2 saturated carbocycles. The minimum Gasteiger partial charge on any atom is -0.355 e. The van der Waals surface area contributed by atoms with Gasteiger partial charge in [0, 0.05) is 62.5 Å². The number of ether oxygens (including phenoxy) is 4. The van der Waals surface area contributed by atoms with E-state index in [0.717, 1.165) is 11.1 Å². The van der Waals surface area contributed by atoms with Crippen LogP contribution in [0, 0.1) is 38.6 Å². The highest BCUT2D eigenvalue weighted by atomic mass is 19.1. The van der Waals surface area contributed by atoms with Crippen molar-refractivity contribution >= 4 is 58.0 Å². The molecule has 18 heteroatoms. The zero-order valence-electron chi connectivity index (χ0n) is 38.0. The number of aryl methyl sites for hydroxylation is 2. The number of rotatable bonds is 6. The largest absolute Gasteiger partial charge is 0.355 e. The Morgan fingerprint density at radius 3 is 1.24 bits per heavy atom. The molecule has 6 amide bonds. The lowest BCUT2D eigenvalue weighted by Crippen LogP contribution is -2.50. The summed E-state index contributed by atoms with van der Waals surface area (Å²) < 4.78 is 53.5. The predicted octanol–water partition coefficient (Wildman–Crippen LogP) is 8.31. The number of fused-ring (bicyclic) bond motifs is 2. The van der Waals surface area contributed by atoms with Crippen LogP contribution in [0.2, 0.25) is 0 Å². The third-order valence-corrected chi connectivity index (χ3v) is 13.9. The number of hydrogen-bond donors (Lipinski definition) is 2. The second-order valence-electron chi connectivity index (χ2n) is 17.7. The number of nitrogens with zero attached hydrogens (tertiary/aromatic N) is 6. The van der Waals surface area contributed by atoms with Crippen molar-refractivity contribution < 1.29 is 46.9 Å². The van der Waals surface area contributed by atoms with Crippen molar-refractivity contribution in [2.75, 3.05) is 60.1 Å². The molecule has 352 valence electrons. The quantitative estimate of drug-likeness (QED) is 0.184. The number of carbonyl (C=O) groups is 4. The van der Waals surface area contributed by atoms with Crippen LogP contribution in [0.1, 0.15) is 70.4 Å². The predicted molar refractivity (Wildman–Crippen MR) is 247 cm³/mol. The van der Waals surface area contributed by atoms with Crippen LogP contribution in [0.5, 0.6) is 0 Å². The van der Waals surface area contributed by atoms with Crippen LogP contribution in [-0.2, 0) is 18.9 Å². The second kappa shape index (κ2) is 18.3. The Balaban J connectivity index is 0.000000170. The summed E-state index contributed by atoms with van der Waals surface area (Å²) in [6.45, 7) is 20.3. The van der Waals surface area contributed by atoms with E-state index < -0.39 is 35.0 Å². The Hall–Kier alpha value is -6.96. The topological polar surface area (TPSA) is 151 Å². The minimum atomic E-state index is -0.750. The van der Waals surface area contributed by atoms with Crippen LogP contribution in [0.15, 0.2) is 72.8 Å². The minimum absolute atomic E-state index is 0.0840. The van der Waals surface area contributed by atoms with Crippen molar-refractivity contribution in [1.29, 1.82) is 0 Å². The van der Waals surface area contributed by atoms with Gasteiger partial charge in [-0.15, -0.1) is 0 Å². The SMILES string of the molecule is [C-]#[N+]c1ccc(N2C(=O)N(c3ccc(C(=O)NC)c(F)c3)[C@H]3CC4(CC[C@@H]32)OCCO4)cc1C.[C-]#[N+]c1ccc(N2C(=O)N(c3ccc(C(=O)NC)c(F)c3)[C@H]3CC4(CC[C@H]32)OCCO4)cc1C. The number of benzene rings is 4. The maximum absolute atomic E-state index is 14.9. The number of carbonyl (C=O) groups excluding carboxylic acids is 4. The molecule has 0 radical (unpaired) electrons. The van der Waals surface area contributed by atoms with E-state index in [1.54, 1.807) is 56.0 Å². The average Bonchev–Trinajstić information content (AvgIpc) is 4.12. The van der Waals surface area contributed by atoms with Gasteiger partial charge in [-0.2, -0.15) is 0 Å². The molecule has 6 aliphatic rings. The molecule has 10 rings (SSSR count). The first-order valence-corrected chi connectivity index (χ1v) is 22.5. The maximum Gasteiger partial charge on any atom is 0.329 e. The third-order valence-electron chi connectivity index (χ3n) is 13.9. The molecule has 2 spiro atoms. The molecule has 6 fully saturated rings. The summed E-state index contributed by atoms with van der Waals surface area (Å²) in [5.74, 6) is -3.96. The zero-order chi connectivity index (χ0) is 48.1. The molecular weight excluding hydrogens is 879 g/mol. The fourth-order valence-corrected chi connectivity index (χ4v) is 10.7. The molecule has 0 unspecified atom stereocenters. The number of hydrogen-bond acceptors (Lipinski definition) is 8. The van der Waals surface area contributed by atoms with Gasteiger partial charge in [-0.25, -0.2) is 28.1 Å². The highest BCUT2D eigenvalue weighted by molar-refractivity contribution is 6.09. The summed E-state index contributed by atoms with van der Waals surface area (Å²) in [5.41, 5.74) is 4.60. The van der Waals surface area contributed by atoms with Crippen LogP contribution in [0.4, 0.5) is 52.5 Å². The number of halogens is 2. The van der Waals surface area contributed by atoms with Gasteiger partial charge in [-0.1, -0.05) is 12.1 Å². The van der Waals surface area contributed by atoms with E-state index in [4.69, 9.17) is 32.1 Å². The van der Waals surface area contributed by atoms with Gasteiger partial charge in [0.15, 0.2) is 22.9 Å². The van der Waals surface area contributed by atoms with E-state index in [1.165, 1.54) is 38.4 Å². The van der Waals surface area contributed by atoms with Crippen molar-refractivity contribution in [3.05, 3.63) is 130 Å². The average molecular weight is 929 g/mol. The fraction of sp³-hybridized carbons (Fsp3) is 0.400. The van der Waals surface area contributed by atoms with E-state index in [0.29, 0.717) is 99.1 Å². The Morgan fingerprint density at radius 2 is 0.912 bits per heavy atom. The van der Waals surface area contributed by atoms with Crippen molar-refractivity contribution in [1.82, 2.24) is 10.6 Å². The van der Waals surface area contributed by atoms with Gasteiger partial charge < -0.3 is 29.6 Å². The summed E-state index contributed by atoms with van der Waals surface area (Å²) in [4.78, 5) is 65.3. The first kappa shape index (κ1) is 46.2.